The molecule has 0 fully saturated rings. The Kier molecular flexibility index (Phi) is 3.69. The molecule has 0 radical (unpaired) electrons. The molecule has 1 aromatic heterocycles. The van der Waals surface area contributed by atoms with Crippen molar-refractivity contribution in [2.24, 2.45) is 7.05 Å². The second-order valence-electron chi connectivity index (χ2n) is 5.09. The zero-order chi connectivity index (χ0) is 15.7. The van der Waals surface area contributed by atoms with Gasteiger partial charge in [-0.25, -0.2) is 8.42 Å². The lowest BCUT2D eigenvalue weighted by molar-refractivity contribution is 0.106. The maximum Gasteiger partial charge on any atom is 0.239 e. The molecule has 1 unspecified atom stereocenters. The summed E-state index contributed by atoms with van der Waals surface area (Å²) in [6.45, 7) is 0.201. The molecule has 0 amide bonds. The maximum absolute atomic E-state index is 12.5. The predicted molar refractivity (Wildman–Crippen MR) is 81.8 cm³/mol. The van der Waals surface area contributed by atoms with Crippen LogP contribution < -0.4 is 13.8 Å². The summed E-state index contributed by atoms with van der Waals surface area (Å²) in [5, 5.41) is 4.10. The van der Waals surface area contributed by atoms with Crippen molar-refractivity contribution >= 4 is 15.8 Å². The fourth-order valence-corrected chi connectivity index (χ4v) is 3.45. The van der Waals surface area contributed by atoms with Gasteiger partial charge in [-0.3, -0.25) is 8.99 Å². The smallest absolute Gasteiger partial charge is 0.239 e. The molecule has 1 aromatic carbocycles. The van der Waals surface area contributed by atoms with Crippen molar-refractivity contribution in [3.05, 3.63) is 36.5 Å². The molecule has 0 saturated heterocycles. The van der Waals surface area contributed by atoms with Gasteiger partial charge in [-0.1, -0.05) is 12.1 Å². The molecule has 1 atom stereocenters. The van der Waals surface area contributed by atoms with Crippen LogP contribution in [0.1, 0.15) is 0 Å². The Balaban J connectivity index is 1.73. The number of benzene rings is 1. The number of rotatable bonds is 4. The minimum Gasteiger partial charge on any atom is -0.486 e. The Morgan fingerprint density at radius 2 is 2.05 bits per heavy atom. The van der Waals surface area contributed by atoms with E-state index in [0.29, 0.717) is 17.3 Å². The molecule has 8 heteroatoms. The molecule has 1 aliphatic rings. The largest absolute Gasteiger partial charge is 0.486 e. The molecule has 2 aromatic rings. The summed E-state index contributed by atoms with van der Waals surface area (Å²) in [6, 6.07) is 8.86. The van der Waals surface area contributed by atoms with E-state index in [9.17, 15) is 8.42 Å². The van der Waals surface area contributed by atoms with Gasteiger partial charge in [-0.05, 0) is 12.1 Å². The first kappa shape index (κ1) is 14.7. The molecule has 0 N–H and O–H groups in total. The highest BCUT2D eigenvalue weighted by atomic mass is 32.2. The van der Waals surface area contributed by atoms with Gasteiger partial charge in [0.25, 0.3) is 0 Å². The predicted octanol–water partition coefficient (Wildman–Crippen LogP) is 1.03. The van der Waals surface area contributed by atoms with Gasteiger partial charge >= 0.3 is 0 Å². The van der Waals surface area contributed by atoms with Gasteiger partial charge in [0.2, 0.25) is 10.0 Å². The number of aromatic nitrogens is 2. The SMILES string of the molecule is CN(c1ccn(C)n1)S(=O)(=O)CC1COc2ccccc2O1. The second-order valence-corrected chi connectivity index (χ2v) is 7.14. The van der Waals surface area contributed by atoms with Crippen LogP contribution in [0.5, 0.6) is 11.5 Å². The van der Waals surface area contributed by atoms with E-state index in [0.717, 1.165) is 4.31 Å². The minimum absolute atomic E-state index is 0.172. The van der Waals surface area contributed by atoms with Gasteiger partial charge in [0, 0.05) is 26.4 Å². The number of nitrogens with zero attached hydrogens (tertiary/aromatic N) is 3. The zero-order valence-electron chi connectivity index (χ0n) is 12.3. The van der Waals surface area contributed by atoms with E-state index in [1.165, 1.54) is 7.05 Å². The number of fused-ring (bicyclic) bond motifs is 1. The third-order valence-electron chi connectivity index (χ3n) is 3.40. The topological polar surface area (TPSA) is 73.7 Å². The van der Waals surface area contributed by atoms with Crippen LogP contribution in [0.4, 0.5) is 5.82 Å². The van der Waals surface area contributed by atoms with Crippen LogP contribution in [-0.2, 0) is 17.1 Å². The van der Waals surface area contributed by atoms with Gasteiger partial charge < -0.3 is 9.47 Å². The summed E-state index contributed by atoms with van der Waals surface area (Å²) in [5.41, 5.74) is 0. The summed E-state index contributed by atoms with van der Waals surface area (Å²) in [7, 11) is -0.333. The average Bonchev–Trinajstić information content (AvgIpc) is 2.92. The minimum atomic E-state index is -3.55. The van der Waals surface area contributed by atoms with Crippen molar-refractivity contribution < 1.29 is 17.9 Å². The van der Waals surface area contributed by atoms with Gasteiger partial charge in [0.05, 0.1) is 0 Å². The van der Waals surface area contributed by atoms with E-state index in [-0.39, 0.29) is 12.4 Å². The summed E-state index contributed by atoms with van der Waals surface area (Å²) < 4.78 is 38.9. The van der Waals surface area contributed by atoms with E-state index in [1.807, 2.05) is 12.1 Å². The number of para-hydroxylation sites is 2. The molecule has 0 spiro atoms. The Morgan fingerprint density at radius 1 is 1.32 bits per heavy atom. The summed E-state index contributed by atoms with van der Waals surface area (Å²) >= 11 is 0. The third-order valence-corrected chi connectivity index (χ3v) is 5.22. The van der Waals surface area contributed by atoms with Gasteiger partial charge in [0.1, 0.15) is 18.5 Å². The van der Waals surface area contributed by atoms with Crippen molar-refractivity contribution in [3.8, 4) is 11.5 Å². The monoisotopic (exact) mass is 323 g/mol. The van der Waals surface area contributed by atoms with E-state index in [4.69, 9.17) is 9.47 Å². The van der Waals surface area contributed by atoms with Crippen LogP contribution in [-0.4, -0.2) is 43.7 Å². The Morgan fingerprint density at radius 3 is 2.73 bits per heavy atom. The Bertz CT molecular complexity index is 772. The fraction of sp³-hybridized carbons (Fsp3) is 0.357. The normalized spacial score (nSPS) is 17.3. The van der Waals surface area contributed by atoms with E-state index in [2.05, 4.69) is 5.10 Å². The van der Waals surface area contributed by atoms with Gasteiger partial charge in [0.15, 0.2) is 17.3 Å². The number of anilines is 1. The molecule has 3 rings (SSSR count). The quantitative estimate of drug-likeness (QED) is 0.840. The number of ether oxygens (including phenoxy) is 2. The Hall–Kier alpha value is -2.22. The zero-order valence-corrected chi connectivity index (χ0v) is 13.2. The lowest BCUT2D eigenvalue weighted by Crippen LogP contribution is -2.41. The van der Waals surface area contributed by atoms with Crippen molar-refractivity contribution in [1.82, 2.24) is 9.78 Å². The van der Waals surface area contributed by atoms with Crippen molar-refractivity contribution in [3.63, 3.8) is 0 Å². The van der Waals surface area contributed by atoms with Crippen LogP contribution in [0.3, 0.4) is 0 Å². The first-order chi connectivity index (χ1) is 10.5. The van der Waals surface area contributed by atoms with E-state index < -0.39 is 16.1 Å². The molecule has 22 heavy (non-hydrogen) atoms. The van der Waals surface area contributed by atoms with E-state index in [1.54, 1.807) is 36.1 Å². The summed E-state index contributed by atoms with van der Waals surface area (Å²) in [4.78, 5) is 0. The van der Waals surface area contributed by atoms with Crippen molar-refractivity contribution in [1.29, 1.82) is 0 Å². The summed E-state index contributed by atoms with van der Waals surface area (Å²) in [5.74, 6) is 1.40. The average molecular weight is 323 g/mol. The number of sulfonamides is 1. The highest BCUT2D eigenvalue weighted by Gasteiger charge is 2.29. The third kappa shape index (κ3) is 2.87. The molecular formula is C14H17N3O4S. The summed E-state index contributed by atoms with van der Waals surface area (Å²) in [6.07, 6.45) is 1.14. The molecule has 0 bridgehead atoms. The first-order valence-corrected chi connectivity index (χ1v) is 8.41. The molecule has 2 heterocycles. The van der Waals surface area contributed by atoms with Crippen LogP contribution in [0.15, 0.2) is 36.5 Å². The maximum atomic E-state index is 12.5. The highest BCUT2D eigenvalue weighted by Crippen LogP contribution is 2.31. The second kappa shape index (κ2) is 5.53. The molecule has 0 aliphatic carbocycles. The van der Waals surface area contributed by atoms with E-state index >= 15 is 0 Å². The Labute approximate surface area is 129 Å². The number of hydrogen-bond acceptors (Lipinski definition) is 5. The number of aryl methyl sites for hydroxylation is 1. The molecule has 118 valence electrons. The molecule has 0 saturated carbocycles. The van der Waals surface area contributed by atoms with Crippen LogP contribution in [0, 0.1) is 0 Å². The highest BCUT2D eigenvalue weighted by molar-refractivity contribution is 7.92. The van der Waals surface area contributed by atoms with Gasteiger partial charge in [-0.15, -0.1) is 0 Å². The standard InChI is InChI=1S/C14H17N3O4S/c1-16-8-7-14(15-16)17(2)22(18,19)10-11-9-20-12-5-3-4-6-13(12)21-11/h3-8,11H,9-10H2,1-2H3. The lowest BCUT2D eigenvalue weighted by Gasteiger charge is -2.27. The lowest BCUT2D eigenvalue weighted by atomic mass is 10.3. The first-order valence-electron chi connectivity index (χ1n) is 6.80. The van der Waals surface area contributed by atoms with Crippen LogP contribution in [0.25, 0.3) is 0 Å². The molecule has 1 aliphatic heterocycles. The van der Waals surface area contributed by atoms with Crippen LogP contribution in [0.2, 0.25) is 0 Å². The van der Waals surface area contributed by atoms with Crippen LogP contribution >= 0.6 is 0 Å². The van der Waals surface area contributed by atoms with Gasteiger partial charge in [-0.2, -0.15) is 5.10 Å². The van der Waals surface area contributed by atoms with Crippen molar-refractivity contribution in [2.75, 3.05) is 23.7 Å². The number of hydrogen-bond donors (Lipinski definition) is 0. The fourth-order valence-electron chi connectivity index (χ4n) is 2.21. The van der Waals surface area contributed by atoms with Crippen molar-refractivity contribution in [2.45, 2.75) is 6.10 Å². The molecular weight excluding hydrogens is 306 g/mol. The molecule has 7 nitrogen and oxygen atoms in total.